The third kappa shape index (κ3) is 4.75. The maximum Gasteiger partial charge on any atom is 0.347 e. The van der Waals surface area contributed by atoms with Crippen LogP contribution in [0.2, 0.25) is 0 Å². The second kappa shape index (κ2) is 9.25. The summed E-state index contributed by atoms with van der Waals surface area (Å²) < 4.78 is 26.4. The molecule has 0 saturated heterocycles. The highest BCUT2D eigenvalue weighted by atomic mass is 19.1. The molecule has 0 saturated carbocycles. The molecule has 6 nitrogen and oxygen atoms in total. The Labute approximate surface area is 202 Å². The Balaban J connectivity index is 1.85. The number of ether oxygens (including phenoxy) is 2. The average Bonchev–Trinajstić information content (AvgIpc) is 3.10. The highest BCUT2D eigenvalue weighted by Crippen LogP contribution is 2.33. The molecule has 35 heavy (non-hydrogen) atoms. The summed E-state index contributed by atoms with van der Waals surface area (Å²) in [6.45, 7) is 5.20. The van der Waals surface area contributed by atoms with E-state index in [1.54, 1.807) is 61.7 Å². The Morgan fingerprint density at radius 1 is 0.971 bits per heavy atom. The second-order valence-electron chi connectivity index (χ2n) is 8.83. The zero-order valence-electron chi connectivity index (χ0n) is 20.0. The van der Waals surface area contributed by atoms with Gasteiger partial charge in [0.25, 0.3) is 0 Å². The lowest BCUT2D eigenvalue weighted by Gasteiger charge is -2.21. The molecule has 0 bridgehead atoms. The Kier molecular flexibility index (Phi) is 6.35. The zero-order valence-corrected chi connectivity index (χ0v) is 20.0. The van der Waals surface area contributed by atoms with Gasteiger partial charge in [-0.2, -0.15) is 0 Å². The van der Waals surface area contributed by atoms with E-state index in [1.165, 1.54) is 26.0 Å². The Hall–Kier alpha value is -4.13. The van der Waals surface area contributed by atoms with Crippen LogP contribution in [-0.4, -0.2) is 34.1 Å². The van der Waals surface area contributed by atoms with Crippen LogP contribution < -0.4 is 9.47 Å². The van der Waals surface area contributed by atoms with Crippen molar-refractivity contribution < 1.29 is 28.6 Å². The number of ketones is 1. The van der Waals surface area contributed by atoms with Crippen molar-refractivity contribution in [3.05, 3.63) is 94.9 Å². The van der Waals surface area contributed by atoms with E-state index in [2.05, 4.69) is 0 Å². The van der Waals surface area contributed by atoms with Gasteiger partial charge in [-0.3, -0.25) is 4.79 Å². The number of halogens is 1. The number of carboxylic acid groups (broad SMARTS) is 1. The van der Waals surface area contributed by atoms with Gasteiger partial charge in [0.1, 0.15) is 17.3 Å². The molecular formula is C28H26FNO5. The molecule has 180 valence electrons. The molecule has 0 aliphatic heterocycles. The van der Waals surface area contributed by atoms with Gasteiger partial charge in [-0.25, -0.2) is 9.18 Å². The fraction of sp³-hybridized carbons (Fsp3) is 0.214. The van der Waals surface area contributed by atoms with Gasteiger partial charge in [-0.1, -0.05) is 12.1 Å². The SMILES string of the molecule is COc1ccc(C(=O)c2c(C)n(Cc3ccc(F)cc3)c3cc(OC(C)(C)C(=O)O)ccc23)cc1. The first-order valence-corrected chi connectivity index (χ1v) is 11.1. The van der Waals surface area contributed by atoms with Crippen LogP contribution in [0.1, 0.15) is 41.0 Å². The van der Waals surface area contributed by atoms with Crippen LogP contribution in [0.25, 0.3) is 10.9 Å². The molecule has 4 aromatic rings. The van der Waals surface area contributed by atoms with Crippen molar-refractivity contribution in [3.8, 4) is 11.5 Å². The molecule has 1 heterocycles. The van der Waals surface area contributed by atoms with Gasteiger partial charge < -0.3 is 19.1 Å². The number of aliphatic carboxylic acids is 1. The number of carboxylic acids is 1. The molecule has 1 N–H and O–H groups in total. The van der Waals surface area contributed by atoms with E-state index in [-0.39, 0.29) is 11.6 Å². The minimum Gasteiger partial charge on any atom is -0.497 e. The second-order valence-corrected chi connectivity index (χ2v) is 8.83. The van der Waals surface area contributed by atoms with Crippen molar-refractivity contribution in [3.63, 3.8) is 0 Å². The van der Waals surface area contributed by atoms with Crippen LogP contribution in [0.5, 0.6) is 11.5 Å². The predicted molar refractivity (Wildman–Crippen MR) is 131 cm³/mol. The third-order valence-electron chi connectivity index (χ3n) is 6.02. The molecule has 3 aromatic carbocycles. The number of nitrogens with zero attached hydrogens (tertiary/aromatic N) is 1. The number of hydrogen-bond donors (Lipinski definition) is 1. The molecule has 0 radical (unpaired) electrons. The first kappa shape index (κ1) is 24.0. The minimum absolute atomic E-state index is 0.146. The number of carbonyl (C=O) groups is 2. The minimum atomic E-state index is -1.43. The summed E-state index contributed by atoms with van der Waals surface area (Å²) in [6, 6.07) is 18.3. The van der Waals surface area contributed by atoms with Crippen molar-refractivity contribution >= 4 is 22.7 Å². The van der Waals surface area contributed by atoms with Crippen LogP contribution in [0.4, 0.5) is 4.39 Å². The van der Waals surface area contributed by atoms with Crippen molar-refractivity contribution in [1.82, 2.24) is 4.57 Å². The van der Waals surface area contributed by atoms with Gasteiger partial charge in [0.2, 0.25) is 0 Å². The zero-order chi connectivity index (χ0) is 25.3. The molecule has 7 heteroatoms. The lowest BCUT2D eigenvalue weighted by Crippen LogP contribution is -2.37. The number of rotatable bonds is 8. The molecule has 0 amide bonds. The molecule has 0 aliphatic rings. The number of aromatic nitrogens is 1. The van der Waals surface area contributed by atoms with Crippen LogP contribution in [0.15, 0.2) is 66.7 Å². The van der Waals surface area contributed by atoms with E-state index in [1.807, 2.05) is 11.5 Å². The molecule has 1 aromatic heterocycles. The third-order valence-corrected chi connectivity index (χ3v) is 6.02. The number of hydrogen-bond acceptors (Lipinski definition) is 4. The van der Waals surface area contributed by atoms with Gasteiger partial charge in [-0.15, -0.1) is 0 Å². The molecule has 0 fully saturated rings. The van der Waals surface area contributed by atoms with Gasteiger partial charge in [0, 0.05) is 29.3 Å². The molecule has 0 spiro atoms. The Morgan fingerprint density at radius 2 is 1.60 bits per heavy atom. The maximum absolute atomic E-state index is 13.6. The summed E-state index contributed by atoms with van der Waals surface area (Å²) in [5.74, 6) is -0.547. The number of carbonyl (C=O) groups excluding carboxylic acids is 1. The van der Waals surface area contributed by atoms with E-state index in [0.29, 0.717) is 40.1 Å². The number of methoxy groups -OCH3 is 1. The van der Waals surface area contributed by atoms with E-state index < -0.39 is 11.6 Å². The first-order chi connectivity index (χ1) is 16.6. The van der Waals surface area contributed by atoms with Crippen molar-refractivity contribution in [2.75, 3.05) is 7.11 Å². The summed E-state index contributed by atoms with van der Waals surface area (Å²) in [5.41, 5.74) is 1.92. The highest BCUT2D eigenvalue weighted by molar-refractivity contribution is 6.17. The average molecular weight is 476 g/mol. The largest absolute Gasteiger partial charge is 0.497 e. The fourth-order valence-electron chi connectivity index (χ4n) is 4.01. The van der Waals surface area contributed by atoms with Crippen molar-refractivity contribution in [1.29, 1.82) is 0 Å². The van der Waals surface area contributed by atoms with E-state index in [4.69, 9.17) is 9.47 Å². The number of benzene rings is 3. The molecule has 0 atom stereocenters. The number of fused-ring (bicyclic) bond motifs is 1. The van der Waals surface area contributed by atoms with Crippen molar-refractivity contribution in [2.24, 2.45) is 0 Å². The Bertz CT molecular complexity index is 1400. The fourth-order valence-corrected chi connectivity index (χ4v) is 4.01. The van der Waals surface area contributed by atoms with E-state index in [9.17, 15) is 19.1 Å². The summed E-state index contributed by atoms with van der Waals surface area (Å²) in [6.07, 6.45) is 0. The monoisotopic (exact) mass is 475 g/mol. The standard InChI is InChI=1S/C28H26FNO5/c1-17-25(26(31)19-7-11-21(34-4)12-8-19)23-14-13-22(35-28(2,3)27(32)33)15-24(23)30(17)16-18-5-9-20(29)10-6-18/h5-15H,16H2,1-4H3,(H,32,33). The van der Waals surface area contributed by atoms with Crippen LogP contribution in [-0.2, 0) is 11.3 Å². The lowest BCUT2D eigenvalue weighted by atomic mass is 10.0. The van der Waals surface area contributed by atoms with Gasteiger partial charge in [0.15, 0.2) is 11.4 Å². The molecule has 0 unspecified atom stereocenters. The predicted octanol–water partition coefficient (Wildman–Crippen LogP) is 5.62. The van der Waals surface area contributed by atoms with Crippen LogP contribution in [0.3, 0.4) is 0 Å². The van der Waals surface area contributed by atoms with E-state index >= 15 is 0 Å². The Morgan fingerprint density at radius 3 is 2.20 bits per heavy atom. The summed E-state index contributed by atoms with van der Waals surface area (Å²) >= 11 is 0. The van der Waals surface area contributed by atoms with Crippen LogP contribution >= 0.6 is 0 Å². The van der Waals surface area contributed by atoms with Crippen LogP contribution in [0, 0.1) is 12.7 Å². The molecular weight excluding hydrogens is 449 g/mol. The van der Waals surface area contributed by atoms with E-state index in [0.717, 1.165) is 11.3 Å². The van der Waals surface area contributed by atoms with Crippen molar-refractivity contribution in [2.45, 2.75) is 32.9 Å². The summed E-state index contributed by atoms with van der Waals surface area (Å²) in [7, 11) is 1.56. The molecule has 0 aliphatic carbocycles. The smallest absolute Gasteiger partial charge is 0.347 e. The molecule has 4 rings (SSSR count). The lowest BCUT2D eigenvalue weighted by molar-refractivity contribution is -0.152. The topological polar surface area (TPSA) is 77.8 Å². The van der Waals surface area contributed by atoms with Gasteiger partial charge >= 0.3 is 5.97 Å². The van der Waals surface area contributed by atoms with Gasteiger partial charge in [-0.05, 0) is 74.9 Å². The van der Waals surface area contributed by atoms with Gasteiger partial charge in [0.05, 0.1) is 18.2 Å². The quantitative estimate of drug-likeness (QED) is 0.335. The summed E-state index contributed by atoms with van der Waals surface area (Å²) in [5, 5.41) is 10.2. The normalized spacial score (nSPS) is 11.5. The summed E-state index contributed by atoms with van der Waals surface area (Å²) in [4.78, 5) is 25.1. The highest BCUT2D eigenvalue weighted by Gasteiger charge is 2.30. The maximum atomic E-state index is 13.6. The first-order valence-electron chi connectivity index (χ1n) is 11.1.